The third-order valence-corrected chi connectivity index (χ3v) is 9.81. The van der Waals surface area contributed by atoms with Gasteiger partial charge in [-0.1, -0.05) is 90.9 Å². The number of hydrogen-bond donors (Lipinski definition) is 0. The van der Waals surface area contributed by atoms with Gasteiger partial charge in [0.05, 0.1) is 39.3 Å². The smallest absolute Gasteiger partial charge is 0.381 e. The molecule has 11 nitrogen and oxygen atoms in total. The van der Waals surface area contributed by atoms with Crippen LogP contribution in [0.5, 0.6) is 0 Å². The van der Waals surface area contributed by atoms with Gasteiger partial charge in [0, 0.05) is 25.9 Å². The summed E-state index contributed by atoms with van der Waals surface area (Å²) < 4.78 is 142. The van der Waals surface area contributed by atoms with Gasteiger partial charge in [0.15, 0.2) is 6.61 Å². The molecule has 63 heavy (non-hydrogen) atoms. The molecule has 19 heteroatoms. The van der Waals surface area contributed by atoms with Gasteiger partial charge in [-0.2, -0.15) is 35.1 Å². The molecular formula is C44H72F8O11. The topological polar surface area (TPSA) is 141 Å². The minimum absolute atomic E-state index is 0.0235. The molecule has 0 aliphatic heterocycles. The van der Waals surface area contributed by atoms with Crippen molar-refractivity contribution in [1.29, 1.82) is 0 Å². The maximum absolute atomic E-state index is 14.3. The average Bonchev–Trinajstić information content (AvgIpc) is 3.23. The molecule has 0 atom stereocenters. The molecule has 0 spiro atoms. The number of carbonyl (C=O) groups excluding carboxylic acids is 5. The van der Waals surface area contributed by atoms with Crippen LogP contribution in [-0.2, 0) is 52.4 Å². The second kappa shape index (κ2) is 35.1. The standard InChI is InChI=1S/C44H72F8O11/c1-3-5-7-9-11-13-19-30-59-36(53)24-17-15-21-32-61-38(55)26-23-29-58-34-41(45,46)43(49,50)44(51,52)42(47,48)35-63-40(57)28-27-39(56)62-33-22-16-18-25-37(54)60-31-20-14-12-10-8-6-4-2/h3-35H2,1-2H3. The highest BCUT2D eigenvalue weighted by atomic mass is 19.4. The monoisotopic (exact) mass is 928 g/mol. The zero-order valence-corrected chi connectivity index (χ0v) is 37.3. The number of alkyl halides is 8. The second-order valence-corrected chi connectivity index (χ2v) is 15.6. The molecule has 0 N–H and O–H groups in total. The van der Waals surface area contributed by atoms with Crippen molar-refractivity contribution in [1.82, 2.24) is 0 Å². The summed E-state index contributed by atoms with van der Waals surface area (Å²) >= 11 is 0. The van der Waals surface area contributed by atoms with E-state index in [2.05, 4.69) is 23.3 Å². The minimum Gasteiger partial charge on any atom is -0.466 e. The first kappa shape index (κ1) is 59.8. The van der Waals surface area contributed by atoms with Crippen molar-refractivity contribution in [2.24, 2.45) is 0 Å². The average molecular weight is 929 g/mol. The van der Waals surface area contributed by atoms with Crippen molar-refractivity contribution in [2.75, 3.05) is 46.2 Å². The molecule has 0 heterocycles. The summed E-state index contributed by atoms with van der Waals surface area (Å²) in [6, 6.07) is 0. The minimum atomic E-state index is -6.73. The van der Waals surface area contributed by atoms with Crippen LogP contribution in [0, 0.1) is 0 Å². The Morgan fingerprint density at radius 1 is 0.317 bits per heavy atom. The molecule has 0 fully saturated rings. The fourth-order valence-electron chi connectivity index (χ4n) is 5.85. The van der Waals surface area contributed by atoms with Crippen molar-refractivity contribution >= 4 is 29.8 Å². The quantitative estimate of drug-likeness (QED) is 0.0250. The summed E-state index contributed by atoms with van der Waals surface area (Å²) in [6.07, 6.45) is 15.9. The van der Waals surface area contributed by atoms with Gasteiger partial charge >= 0.3 is 53.5 Å². The first-order valence-corrected chi connectivity index (χ1v) is 22.7. The van der Waals surface area contributed by atoms with Gasteiger partial charge in [0.1, 0.15) is 6.61 Å². The Hall–Kier alpha value is -3.25. The van der Waals surface area contributed by atoms with Crippen LogP contribution in [-0.4, -0.2) is 99.8 Å². The number of ether oxygens (including phenoxy) is 6. The van der Waals surface area contributed by atoms with E-state index in [0.717, 1.165) is 44.9 Å². The molecule has 0 aliphatic carbocycles. The van der Waals surface area contributed by atoms with Crippen LogP contribution in [0.15, 0.2) is 0 Å². The number of hydrogen-bond acceptors (Lipinski definition) is 11. The van der Waals surface area contributed by atoms with Gasteiger partial charge in [-0.25, -0.2) is 0 Å². The van der Waals surface area contributed by atoms with Crippen molar-refractivity contribution in [3.05, 3.63) is 0 Å². The molecule has 0 aromatic rings. The summed E-state index contributed by atoms with van der Waals surface area (Å²) in [5.74, 6) is -29.3. The van der Waals surface area contributed by atoms with E-state index in [4.69, 9.17) is 18.9 Å². The Balaban J connectivity index is 4.25. The fraction of sp³-hybridized carbons (Fsp3) is 0.886. The second-order valence-electron chi connectivity index (χ2n) is 15.6. The third kappa shape index (κ3) is 28.3. The lowest BCUT2D eigenvalue weighted by atomic mass is 9.99. The first-order chi connectivity index (χ1) is 29.8. The number of rotatable bonds is 42. The Morgan fingerprint density at radius 2 is 0.603 bits per heavy atom. The Labute approximate surface area is 367 Å². The number of carbonyl (C=O) groups is 5. The largest absolute Gasteiger partial charge is 0.466 e. The van der Waals surface area contributed by atoms with E-state index in [-0.39, 0.29) is 44.4 Å². The lowest BCUT2D eigenvalue weighted by Gasteiger charge is -2.36. The first-order valence-electron chi connectivity index (χ1n) is 22.7. The van der Waals surface area contributed by atoms with E-state index >= 15 is 0 Å². The molecule has 0 aliphatic rings. The molecule has 0 aromatic heterocycles. The van der Waals surface area contributed by atoms with Crippen molar-refractivity contribution in [3.8, 4) is 0 Å². The van der Waals surface area contributed by atoms with Gasteiger partial charge in [-0.05, 0) is 57.8 Å². The van der Waals surface area contributed by atoms with E-state index in [9.17, 15) is 59.1 Å². The van der Waals surface area contributed by atoms with Crippen LogP contribution in [0.4, 0.5) is 35.1 Å². The summed E-state index contributed by atoms with van der Waals surface area (Å²) in [4.78, 5) is 59.1. The van der Waals surface area contributed by atoms with Gasteiger partial charge in [0.25, 0.3) is 0 Å². The SMILES string of the molecule is CCCCCCCCCOC(=O)CCCCCOC(=O)CCCOCC(F)(F)C(F)(F)C(F)(F)C(F)(F)COC(=O)CCC(=O)OCCCCCC(=O)OCCCCCCCCC. The molecule has 0 unspecified atom stereocenters. The predicted octanol–water partition coefficient (Wildman–Crippen LogP) is 11.4. The Bertz CT molecular complexity index is 1250. The van der Waals surface area contributed by atoms with Crippen LogP contribution in [0.25, 0.3) is 0 Å². The zero-order chi connectivity index (χ0) is 47.5. The molecule has 0 bridgehead atoms. The van der Waals surface area contributed by atoms with Crippen LogP contribution in [0.3, 0.4) is 0 Å². The van der Waals surface area contributed by atoms with Crippen LogP contribution in [0.1, 0.15) is 181 Å². The van der Waals surface area contributed by atoms with Crippen molar-refractivity contribution in [3.63, 3.8) is 0 Å². The van der Waals surface area contributed by atoms with Gasteiger partial charge in [-0.3, -0.25) is 24.0 Å². The number of unbranched alkanes of at least 4 members (excludes halogenated alkanes) is 16. The van der Waals surface area contributed by atoms with Crippen LogP contribution < -0.4 is 0 Å². The van der Waals surface area contributed by atoms with Crippen LogP contribution >= 0.6 is 0 Å². The van der Waals surface area contributed by atoms with E-state index in [1.54, 1.807) is 0 Å². The highest BCUT2D eigenvalue weighted by molar-refractivity contribution is 5.77. The third-order valence-electron chi connectivity index (χ3n) is 9.81. The van der Waals surface area contributed by atoms with Crippen molar-refractivity contribution in [2.45, 2.75) is 204 Å². The normalized spacial score (nSPS) is 12.2. The lowest BCUT2D eigenvalue weighted by Crippen LogP contribution is -2.64. The molecule has 370 valence electrons. The van der Waals surface area contributed by atoms with Gasteiger partial charge < -0.3 is 28.4 Å². The lowest BCUT2D eigenvalue weighted by molar-refractivity contribution is -0.375. The molecule has 0 radical (unpaired) electrons. The number of esters is 5. The maximum Gasteiger partial charge on any atom is 0.381 e. The van der Waals surface area contributed by atoms with Gasteiger partial charge in [0.2, 0.25) is 0 Å². The summed E-state index contributed by atoms with van der Waals surface area (Å²) in [5.41, 5.74) is 0. The Morgan fingerprint density at radius 3 is 0.984 bits per heavy atom. The highest BCUT2D eigenvalue weighted by Gasteiger charge is 2.80. The summed E-state index contributed by atoms with van der Waals surface area (Å²) in [6.45, 7) is -1.06. The Kier molecular flexibility index (Phi) is 33.3. The highest BCUT2D eigenvalue weighted by Crippen LogP contribution is 2.52. The zero-order valence-electron chi connectivity index (χ0n) is 37.3. The predicted molar refractivity (Wildman–Crippen MR) is 217 cm³/mol. The molecule has 0 amide bonds. The van der Waals surface area contributed by atoms with E-state index in [1.807, 2.05) is 0 Å². The van der Waals surface area contributed by atoms with Gasteiger partial charge in [-0.15, -0.1) is 0 Å². The van der Waals surface area contributed by atoms with E-state index < -0.39 is 80.7 Å². The molecule has 0 saturated heterocycles. The van der Waals surface area contributed by atoms with Crippen molar-refractivity contribution < 1.29 is 87.5 Å². The van der Waals surface area contributed by atoms with Crippen LogP contribution in [0.2, 0.25) is 0 Å². The van der Waals surface area contributed by atoms with E-state index in [1.165, 1.54) is 44.9 Å². The fourth-order valence-corrected chi connectivity index (χ4v) is 5.85. The molecule has 0 rings (SSSR count). The summed E-state index contributed by atoms with van der Waals surface area (Å²) in [7, 11) is 0. The molecule has 0 saturated carbocycles. The maximum atomic E-state index is 14.3. The molecule has 0 aromatic carbocycles. The number of halogens is 8. The van der Waals surface area contributed by atoms with E-state index in [0.29, 0.717) is 51.7 Å². The summed E-state index contributed by atoms with van der Waals surface area (Å²) in [5, 5.41) is 0. The molecular weight excluding hydrogens is 856 g/mol.